The van der Waals surface area contributed by atoms with Crippen molar-refractivity contribution in [2.24, 2.45) is 5.92 Å². The van der Waals surface area contributed by atoms with Crippen LogP contribution in [0.15, 0.2) is 0 Å². The van der Waals surface area contributed by atoms with Crippen LogP contribution in [0.3, 0.4) is 0 Å². The highest BCUT2D eigenvalue weighted by Gasteiger charge is 2.45. The number of likely N-dealkylation sites (tertiary alicyclic amines) is 2. The maximum absolute atomic E-state index is 13.3. The largest absolute Gasteiger partial charge is 0.391 e. The van der Waals surface area contributed by atoms with Crippen LogP contribution in [-0.2, 0) is 9.59 Å². The van der Waals surface area contributed by atoms with Gasteiger partial charge in [-0.15, -0.1) is 0 Å². The van der Waals surface area contributed by atoms with Gasteiger partial charge in [0.2, 0.25) is 5.91 Å². The van der Waals surface area contributed by atoms with Gasteiger partial charge in [0, 0.05) is 31.5 Å². The Bertz CT molecular complexity index is 577. The highest BCUT2D eigenvalue weighted by Crippen LogP contribution is 2.28. The van der Waals surface area contributed by atoms with Crippen molar-refractivity contribution in [3.05, 3.63) is 0 Å². The number of nitrogens with zero attached hydrogens (tertiary/aromatic N) is 2. The van der Waals surface area contributed by atoms with Crippen LogP contribution >= 0.6 is 0 Å². The molecule has 8 nitrogen and oxygen atoms in total. The Morgan fingerprint density at radius 1 is 1.00 bits per heavy atom. The molecule has 2 rings (SSSR count). The van der Waals surface area contributed by atoms with E-state index in [9.17, 15) is 19.5 Å². The molecule has 0 radical (unpaired) electrons. The van der Waals surface area contributed by atoms with E-state index in [2.05, 4.69) is 10.9 Å². The lowest BCUT2D eigenvalue weighted by molar-refractivity contribution is -0.142. The zero-order chi connectivity index (χ0) is 21.6. The molecule has 3 atom stereocenters. The Labute approximate surface area is 174 Å². The molecule has 3 unspecified atom stereocenters. The number of amides is 3. The van der Waals surface area contributed by atoms with Gasteiger partial charge in [-0.1, -0.05) is 27.7 Å². The fraction of sp³-hybridized carbons (Fsp3) is 0.857. The summed E-state index contributed by atoms with van der Waals surface area (Å²) in [4.78, 5) is 42.0. The number of β-amino-alcohol motifs (C(OH)–C–C–N with tert-alkyl or cyclic N) is 1. The van der Waals surface area contributed by atoms with E-state index in [1.165, 1.54) is 4.90 Å². The van der Waals surface area contributed by atoms with Crippen molar-refractivity contribution >= 4 is 17.7 Å². The molecule has 2 heterocycles. The third kappa shape index (κ3) is 5.48. The molecule has 0 spiro atoms. The summed E-state index contributed by atoms with van der Waals surface area (Å²) in [6.45, 7) is 8.71. The first-order valence-corrected chi connectivity index (χ1v) is 11.2. The van der Waals surface area contributed by atoms with E-state index < -0.39 is 18.2 Å². The van der Waals surface area contributed by atoms with E-state index in [1.54, 1.807) is 4.90 Å². The quantitative estimate of drug-likeness (QED) is 0.503. The molecule has 0 aromatic heterocycles. The number of hydrogen-bond acceptors (Lipinski definition) is 5. The zero-order valence-electron chi connectivity index (χ0n) is 18.3. The molecule has 2 fully saturated rings. The van der Waals surface area contributed by atoms with Crippen molar-refractivity contribution in [1.29, 1.82) is 0 Å². The predicted octanol–water partition coefficient (Wildman–Crippen LogP) is 1.82. The second-order valence-electron chi connectivity index (χ2n) is 8.25. The fourth-order valence-corrected chi connectivity index (χ4v) is 4.48. The lowest BCUT2D eigenvalue weighted by Crippen LogP contribution is -2.56. The Kier molecular flexibility index (Phi) is 8.89. The number of ketones is 1. The normalized spacial score (nSPS) is 24.6. The van der Waals surface area contributed by atoms with Crippen LogP contribution in [0.1, 0.15) is 72.6 Å². The van der Waals surface area contributed by atoms with Crippen LogP contribution in [0.4, 0.5) is 4.79 Å². The zero-order valence-corrected chi connectivity index (χ0v) is 18.3. The van der Waals surface area contributed by atoms with Gasteiger partial charge in [0.1, 0.15) is 6.04 Å². The molecule has 166 valence electrons. The van der Waals surface area contributed by atoms with Crippen molar-refractivity contribution < 1.29 is 19.5 Å². The molecule has 0 aromatic rings. The molecular formula is C21H38N4O4. The van der Waals surface area contributed by atoms with Crippen molar-refractivity contribution in [2.75, 3.05) is 13.1 Å². The summed E-state index contributed by atoms with van der Waals surface area (Å²) in [7, 11) is 0. The van der Waals surface area contributed by atoms with Gasteiger partial charge in [-0.3, -0.25) is 15.0 Å². The Morgan fingerprint density at radius 3 is 2.24 bits per heavy atom. The average Bonchev–Trinajstić information content (AvgIpc) is 3.35. The number of carbonyl (C=O) groups is 3. The first-order chi connectivity index (χ1) is 13.9. The number of rotatable bonds is 9. The van der Waals surface area contributed by atoms with Crippen LogP contribution < -0.4 is 10.9 Å². The summed E-state index contributed by atoms with van der Waals surface area (Å²) in [5.74, 6) is -0.293. The molecule has 3 N–H and O–H groups in total. The highest BCUT2D eigenvalue weighted by atomic mass is 16.3. The van der Waals surface area contributed by atoms with Crippen LogP contribution in [0.2, 0.25) is 0 Å². The smallest absolute Gasteiger partial charge is 0.332 e. The number of aliphatic hydroxyl groups is 1. The first kappa shape index (κ1) is 23.6. The summed E-state index contributed by atoms with van der Waals surface area (Å²) in [6.07, 6.45) is 4.16. The molecule has 0 saturated carbocycles. The molecule has 3 amide bonds. The van der Waals surface area contributed by atoms with Crippen molar-refractivity contribution in [1.82, 2.24) is 20.7 Å². The lowest BCUT2D eigenvalue weighted by atomic mass is 9.91. The van der Waals surface area contributed by atoms with Crippen LogP contribution in [-0.4, -0.2) is 69.9 Å². The molecule has 0 aliphatic carbocycles. The Hall–Kier alpha value is -1.67. The SMILES string of the molecule is CCC(CC)NNC(=O)N1CCCC1C(=O)N1CC(O)CC1C(=O)C(CC)CC. The summed E-state index contributed by atoms with van der Waals surface area (Å²) >= 11 is 0. The van der Waals surface area contributed by atoms with Gasteiger partial charge < -0.3 is 14.9 Å². The van der Waals surface area contributed by atoms with Gasteiger partial charge in [0.15, 0.2) is 5.78 Å². The molecular weight excluding hydrogens is 372 g/mol. The molecule has 0 bridgehead atoms. The maximum atomic E-state index is 13.3. The van der Waals surface area contributed by atoms with Crippen LogP contribution in [0.5, 0.6) is 0 Å². The van der Waals surface area contributed by atoms with Crippen LogP contribution in [0, 0.1) is 5.92 Å². The average molecular weight is 411 g/mol. The van der Waals surface area contributed by atoms with Crippen molar-refractivity contribution in [2.45, 2.75) is 96.9 Å². The van der Waals surface area contributed by atoms with Crippen molar-refractivity contribution in [3.63, 3.8) is 0 Å². The molecule has 8 heteroatoms. The van der Waals surface area contributed by atoms with E-state index in [-0.39, 0.29) is 42.6 Å². The number of hydrogen-bond donors (Lipinski definition) is 3. The maximum Gasteiger partial charge on any atom is 0.332 e. The predicted molar refractivity (Wildman–Crippen MR) is 111 cm³/mol. The Balaban J connectivity index is 2.08. The molecule has 29 heavy (non-hydrogen) atoms. The van der Waals surface area contributed by atoms with Crippen molar-refractivity contribution in [3.8, 4) is 0 Å². The van der Waals surface area contributed by atoms with Crippen LogP contribution in [0.25, 0.3) is 0 Å². The molecule has 2 saturated heterocycles. The Morgan fingerprint density at radius 2 is 1.66 bits per heavy atom. The second-order valence-corrected chi connectivity index (χ2v) is 8.25. The molecule has 0 aromatic carbocycles. The first-order valence-electron chi connectivity index (χ1n) is 11.2. The van der Waals surface area contributed by atoms with Gasteiger partial charge in [-0.05, 0) is 38.5 Å². The monoisotopic (exact) mass is 410 g/mol. The summed E-state index contributed by atoms with van der Waals surface area (Å²) in [6, 6.07) is -1.29. The standard InChI is InChI=1S/C21H38N4O4/c1-5-14(6-2)19(27)18-12-16(26)13-25(18)20(28)17-10-9-11-24(17)21(29)23-22-15(7-3)8-4/h14-18,22,26H,5-13H2,1-4H3,(H,23,29). The number of Topliss-reactive ketones (excluding diaryl/α,β-unsaturated/α-hetero) is 1. The summed E-state index contributed by atoms with van der Waals surface area (Å²) in [5, 5.41) is 10.2. The van der Waals surface area contributed by atoms with E-state index in [0.717, 1.165) is 32.1 Å². The van der Waals surface area contributed by atoms with Gasteiger partial charge >= 0.3 is 6.03 Å². The second kappa shape index (κ2) is 10.9. The number of nitrogens with one attached hydrogen (secondary N) is 2. The van der Waals surface area contributed by atoms with Gasteiger partial charge in [-0.25, -0.2) is 10.2 Å². The summed E-state index contributed by atoms with van der Waals surface area (Å²) < 4.78 is 0. The van der Waals surface area contributed by atoms with E-state index in [1.807, 2.05) is 27.7 Å². The topological polar surface area (TPSA) is 102 Å². The minimum absolute atomic E-state index is 0.0318. The lowest BCUT2D eigenvalue weighted by Gasteiger charge is -2.32. The van der Waals surface area contributed by atoms with Gasteiger partial charge in [0.05, 0.1) is 12.1 Å². The number of hydrazine groups is 1. The van der Waals surface area contributed by atoms with Gasteiger partial charge in [-0.2, -0.15) is 0 Å². The van der Waals surface area contributed by atoms with E-state index in [4.69, 9.17) is 0 Å². The summed E-state index contributed by atoms with van der Waals surface area (Å²) in [5.41, 5.74) is 5.76. The highest BCUT2D eigenvalue weighted by molar-refractivity contribution is 5.94. The van der Waals surface area contributed by atoms with E-state index >= 15 is 0 Å². The number of urea groups is 1. The molecule has 2 aliphatic heterocycles. The minimum Gasteiger partial charge on any atom is -0.391 e. The number of aliphatic hydroxyl groups excluding tert-OH is 1. The van der Waals surface area contributed by atoms with Gasteiger partial charge in [0.25, 0.3) is 0 Å². The minimum atomic E-state index is -0.692. The fourth-order valence-electron chi connectivity index (χ4n) is 4.48. The third-order valence-electron chi connectivity index (χ3n) is 6.45. The number of carbonyl (C=O) groups excluding carboxylic acids is 3. The third-order valence-corrected chi connectivity index (χ3v) is 6.45. The molecule has 2 aliphatic rings. The van der Waals surface area contributed by atoms with E-state index in [0.29, 0.717) is 13.0 Å².